The minimum atomic E-state index is -2.92. The van der Waals surface area contributed by atoms with Crippen LogP contribution in [0.4, 0.5) is 5.69 Å². The number of benzene rings is 1. The Morgan fingerprint density at radius 3 is 2.32 bits per heavy atom. The van der Waals surface area contributed by atoms with Crippen LogP contribution < -0.4 is 10.2 Å². The van der Waals surface area contributed by atoms with Gasteiger partial charge in [-0.15, -0.1) is 0 Å². The van der Waals surface area contributed by atoms with Gasteiger partial charge in [0.1, 0.15) is 0 Å². The largest absolute Gasteiger partial charge is 0.343 e. The van der Waals surface area contributed by atoms with Gasteiger partial charge in [0, 0.05) is 56.4 Å². The van der Waals surface area contributed by atoms with E-state index in [0.29, 0.717) is 51.1 Å². The summed E-state index contributed by atoms with van der Waals surface area (Å²) in [6, 6.07) is 6.88. The second-order valence-corrected chi connectivity index (χ2v) is 10.6. The molecule has 0 saturated carbocycles. The van der Waals surface area contributed by atoms with Gasteiger partial charge in [0.2, 0.25) is 11.8 Å². The molecule has 0 aromatic heterocycles. The highest BCUT2D eigenvalue weighted by Gasteiger charge is 2.34. The zero-order valence-corrected chi connectivity index (χ0v) is 18.3. The third kappa shape index (κ3) is 5.07. The van der Waals surface area contributed by atoms with E-state index < -0.39 is 9.84 Å². The molecular formula is C21H28N4O5S. The third-order valence-corrected chi connectivity index (χ3v) is 8.06. The summed E-state index contributed by atoms with van der Waals surface area (Å²) in [5, 5.41) is 2.67. The predicted molar refractivity (Wildman–Crippen MR) is 116 cm³/mol. The van der Waals surface area contributed by atoms with Crippen LogP contribution in [0.2, 0.25) is 0 Å². The van der Waals surface area contributed by atoms with Crippen molar-refractivity contribution in [1.82, 2.24) is 15.1 Å². The van der Waals surface area contributed by atoms with Crippen molar-refractivity contribution in [1.29, 1.82) is 0 Å². The zero-order valence-electron chi connectivity index (χ0n) is 17.5. The Balaban J connectivity index is 1.23. The Kier molecular flexibility index (Phi) is 6.29. The fourth-order valence-electron chi connectivity index (χ4n) is 4.48. The van der Waals surface area contributed by atoms with E-state index in [1.807, 2.05) is 0 Å². The lowest BCUT2D eigenvalue weighted by atomic mass is 10.1. The van der Waals surface area contributed by atoms with Crippen LogP contribution in [0.25, 0.3) is 0 Å². The van der Waals surface area contributed by atoms with E-state index in [1.165, 1.54) is 0 Å². The fraction of sp³-hybridized carbons (Fsp3) is 0.571. The van der Waals surface area contributed by atoms with Gasteiger partial charge in [-0.1, -0.05) is 0 Å². The van der Waals surface area contributed by atoms with E-state index in [2.05, 4.69) is 10.2 Å². The summed E-state index contributed by atoms with van der Waals surface area (Å²) >= 11 is 0. The van der Waals surface area contributed by atoms with Crippen LogP contribution in [0.1, 0.15) is 29.6 Å². The van der Waals surface area contributed by atoms with Gasteiger partial charge in [-0.2, -0.15) is 0 Å². The summed E-state index contributed by atoms with van der Waals surface area (Å²) in [6.07, 6.45) is 2.06. The summed E-state index contributed by atoms with van der Waals surface area (Å²) in [5.41, 5.74) is 1.22. The summed E-state index contributed by atoms with van der Waals surface area (Å²) in [6.45, 7) is 2.98. The highest BCUT2D eigenvalue weighted by molar-refractivity contribution is 7.91. The number of hydrogen-bond donors (Lipinski definition) is 1. The van der Waals surface area contributed by atoms with Gasteiger partial charge in [0.15, 0.2) is 9.84 Å². The molecule has 31 heavy (non-hydrogen) atoms. The second kappa shape index (κ2) is 8.96. The first-order valence-corrected chi connectivity index (χ1v) is 12.6. The van der Waals surface area contributed by atoms with Crippen LogP contribution in [0.3, 0.4) is 0 Å². The van der Waals surface area contributed by atoms with Crippen molar-refractivity contribution in [2.24, 2.45) is 0 Å². The van der Waals surface area contributed by atoms with Crippen molar-refractivity contribution >= 4 is 33.2 Å². The van der Waals surface area contributed by atoms with Crippen LogP contribution in [0, 0.1) is 0 Å². The van der Waals surface area contributed by atoms with Crippen LogP contribution >= 0.6 is 0 Å². The number of piperazine rings is 1. The lowest BCUT2D eigenvalue weighted by molar-refractivity contribution is -0.132. The van der Waals surface area contributed by atoms with Gasteiger partial charge in [0.05, 0.1) is 18.1 Å². The summed E-state index contributed by atoms with van der Waals surface area (Å²) < 4.78 is 23.3. The van der Waals surface area contributed by atoms with Crippen LogP contribution in [0.5, 0.6) is 0 Å². The standard InChI is InChI=1S/C21H28N4O5S/c26-19-2-1-8-25(19)17-5-3-16(4-6-17)21(28)22-14-20(27)24-11-9-23(10-12-24)18-7-13-31(29,30)15-18/h3-6,18H,1-2,7-15H2,(H,22,28)/t18-/m1/s1. The minimum absolute atomic E-state index is 0.0563. The van der Waals surface area contributed by atoms with E-state index in [1.54, 1.807) is 34.1 Å². The van der Waals surface area contributed by atoms with Crippen molar-refractivity contribution in [2.75, 3.05) is 55.7 Å². The number of nitrogens with one attached hydrogen (secondary N) is 1. The summed E-state index contributed by atoms with van der Waals surface area (Å²) in [4.78, 5) is 42.3. The van der Waals surface area contributed by atoms with Crippen molar-refractivity contribution in [2.45, 2.75) is 25.3 Å². The highest BCUT2D eigenvalue weighted by Crippen LogP contribution is 2.22. The number of carbonyl (C=O) groups excluding carboxylic acids is 3. The summed E-state index contributed by atoms with van der Waals surface area (Å²) in [7, 11) is -2.92. The lowest BCUT2D eigenvalue weighted by Crippen LogP contribution is -2.53. The molecule has 4 rings (SSSR count). The zero-order chi connectivity index (χ0) is 22.0. The average Bonchev–Trinajstić information content (AvgIpc) is 3.36. The molecule has 3 fully saturated rings. The van der Waals surface area contributed by atoms with Crippen LogP contribution in [-0.4, -0.2) is 92.8 Å². The number of rotatable bonds is 5. The smallest absolute Gasteiger partial charge is 0.251 e. The molecule has 0 aliphatic carbocycles. The molecule has 3 saturated heterocycles. The molecule has 0 radical (unpaired) electrons. The normalized spacial score (nSPS) is 23.9. The molecule has 3 amide bonds. The first-order chi connectivity index (χ1) is 14.8. The Labute approximate surface area is 182 Å². The van der Waals surface area contributed by atoms with Gasteiger partial charge < -0.3 is 15.1 Å². The number of nitrogens with zero attached hydrogens (tertiary/aromatic N) is 3. The molecule has 1 N–H and O–H groups in total. The molecule has 9 nitrogen and oxygen atoms in total. The lowest BCUT2D eigenvalue weighted by Gasteiger charge is -2.37. The molecule has 1 aromatic carbocycles. The molecule has 10 heteroatoms. The third-order valence-electron chi connectivity index (χ3n) is 6.31. The maximum Gasteiger partial charge on any atom is 0.251 e. The maximum absolute atomic E-state index is 12.5. The second-order valence-electron chi connectivity index (χ2n) is 8.35. The summed E-state index contributed by atoms with van der Waals surface area (Å²) in [5.74, 6) is 0.0751. The number of anilines is 1. The molecule has 168 valence electrons. The molecular weight excluding hydrogens is 420 g/mol. The Morgan fingerprint density at radius 1 is 1.03 bits per heavy atom. The molecule has 3 aliphatic heterocycles. The minimum Gasteiger partial charge on any atom is -0.343 e. The first kappa shape index (κ1) is 21.8. The van der Waals surface area contributed by atoms with Gasteiger partial charge >= 0.3 is 0 Å². The molecule has 3 aliphatic rings. The Hall–Kier alpha value is -2.46. The van der Waals surface area contributed by atoms with Gasteiger partial charge in [-0.05, 0) is 37.1 Å². The SMILES string of the molecule is O=C(NCC(=O)N1CCN([C@@H]2CCS(=O)(=O)C2)CC1)c1ccc(N2CCCC2=O)cc1. The van der Waals surface area contributed by atoms with Crippen molar-refractivity contribution < 1.29 is 22.8 Å². The number of amides is 3. The van der Waals surface area contributed by atoms with Crippen LogP contribution in [-0.2, 0) is 19.4 Å². The fourth-order valence-corrected chi connectivity index (χ4v) is 6.25. The molecule has 3 heterocycles. The van der Waals surface area contributed by atoms with E-state index in [-0.39, 0.29) is 41.8 Å². The first-order valence-electron chi connectivity index (χ1n) is 10.7. The maximum atomic E-state index is 12.5. The molecule has 0 bridgehead atoms. The van der Waals surface area contributed by atoms with Gasteiger partial charge in [-0.25, -0.2) is 8.42 Å². The molecule has 1 aromatic rings. The Bertz CT molecular complexity index is 954. The molecule has 0 unspecified atom stereocenters. The van der Waals surface area contributed by atoms with E-state index >= 15 is 0 Å². The van der Waals surface area contributed by atoms with E-state index in [9.17, 15) is 22.8 Å². The highest BCUT2D eigenvalue weighted by atomic mass is 32.2. The number of hydrogen-bond acceptors (Lipinski definition) is 6. The topological polar surface area (TPSA) is 107 Å². The molecule has 0 spiro atoms. The van der Waals surface area contributed by atoms with Gasteiger partial charge in [0.25, 0.3) is 5.91 Å². The van der Waals surface area contributed by atoms with E-state index in [0.717, 1.165) is 12.1 Å². The van der Waals surface area contributed by atoms with Gasteiger partial charge in [-0.3, -0.25) is 19.3 Å². The van der Waals surface area contributed by atoms with Crippen LogP contribution in [0.15, 0.2) is 24.3 Å². The van der Waals surface area contributed by atoms with E-state index in [4.69, 9.17) is 0 Å². The predicted octanol–water partition coefficient (Wildman–Crippen LogP) is -0.125. The monoisotopic (exact) mass is 448 g/mol. The van der Waals surface area contributed by atoms with Crippen molar-refractivity contribution in [3.63, 3.8) is 0 Å². The van der Waals surface area contributed by atoms with Crippen molar-refractivity contribution in [3.8, 4) is 0 Å². The molecule has 1 atom stereocenters. The van der Waals surface area contributed by atoms with Crippen molar-refractivity contribution in [3.05, 3.63) is 29.8 Å². The quantitative estimate of drug-likeness (QED) is 0.673. The average molecular weight is 449 g/mol. The Morgan fingerprint density at radius 2 is 1.74 bits per heavy atom. The number of sulfone groups is 1. The number of carbonyl (C=O) groups is 3.